The molecule has 1 saturated carbocycles. The van der Waals surface area contributed by atoms with Crippen molar-refractivity contribution in [2.24, 2.45) is 16.7 Å². The zero-order valence-corrected chi connectivity index (χ0v) is 11.3. The quantitative estimate of drug-likeness (QED) is 0.820. The van der Waals surface area contributed by atoms with Crippen molar-refractivity contribution >= 4 is 6.01 Å². The largest absolute Gasteiger partial charge is 0.407 e. The molecule has 0 unspecified atom stereocenters. The molecular weight excluding hydrogens is 216 g/mol. The SMILES string of the molecule is CNCc1nnc(NCC2C(C)(C)C2(C)C)o1. The highest BCUT2D eigenvalue weighted by Crippen LogP contribution is 2.68. The van der Waals surface area contributed by atoms with E-state index in [1.54, 1.807) is 0 Å². The second kappa shape index (κ2) is 3.98. The Morgan fingerprint density at radius 2 is 1.82 bits per heavy atom. The molecule has 17 heavy (non-hydrogen) atoms. The number of aromatic nitrogens is 2. The van der Waals surface area contributed by atoms with E-state index < -0.39 is 0 Å². The lowest BCUT2D eigenvalue weighted by Gasteiger charge is -2.04. The van der Waals surface area contributed by atoms with Crippen LogP contribution in [0.4, 0.5) is 6.01 Å². The van der Waals surface area contributed by atoms with Crippen molar-refractivity contribution in [2.45, 2.75) is 34.2 Å². The van der Waals surface area contributed by atoms with Crippen LogP contribution in [0, 0.1) is 16.7 Å². The van der Waals surface area contributed by atoms with E-state index in [2.05, 4.69) is 48.5 Å². The monoisotopic (exact) mass is 238 g/mol. The van der Waals surface area contributed by atoms with Gasteiger partial charge in [-0.25, -0.2) is 0 Å². The topological polar surface area (TPSA) is 63.0 Å². The van der Waals surface area contributed by atoms with Gasteiger partial charge in [0.2, 0.25) is 5.89 Å². The molecule has 1 heterocycles. The summed E-state index contributed by atoms with van der Waals surface area (Å²) in [4.78, 5) is 0. The van der Waals surface area contributed by atoms with Gasteiger partial charge >= 0.3 is 6.01 Å². The van der Waals surface area contributed by atoms with Crippen molar-refractivity contribution in [3.05, 3.63) is 5.89 Å². The van der Waals surface area contributed by atoms with Crippen LogP contribution in [-0.2, 0) is 6.54 Å². The molecule has 0 amide bonds. The van der Waals surface area contributed by atoms with E-state index in [9.17, 15) is 0 Å². The summed E-state index contributed by atoms with van der Waals surface area (Å²) in [6, 6.07) is 0.522. The van der Waals surface area contributed by atoms with Gasteiger partial charge in [-0.2, -0.15) is 0 Å². The van der Waals surface area contributed by atoms with E-state index in [4.69, 9.17) is 4.42 Å². The normalized spacial score (nSPS) is 21.5. The minimum absolute atomic E-state index is 0.383. The summed E-state index contributed by atoms with van der Waals surface area (Å²) in [6.07, 6.45) is 0. The Bertz CT molecular complexity index is 383. The van der Waals surface area contributed by atoms with E-state index in [-0.39, 0.29) is 0 Å². The van der Waals surface area contributed by atoms with Crippen molar-refractivity contribution in [2.75, 3.05) is 18.9 Å². The fourth-order valence-corrected chi connectivity index (χ4v) is 2.58. The van der Waals surface area contributed by atoms with Crippen LogP contribution in [0.1, 0.15) is 33.6 Å². The zero-order valence-electron chi connectivity index (χ0n) is 11.3. The number of nitrogens with zero attached hydrogens (tertiary/aromatic N) is 2. The molecule has 0 radical (unpaired) electrons. The first-order valence-electron chi connectivity index (χ1n) is 6.10. The van der Waals surface area contributed by atoms with Crippen molar-refractivity contribution in [1.82, 2.24) is 15.5 Å². The molecule has 0 spiro atoms. The Balaban J connectivity index is 1.87. The summed E-state index contributed by atoms with van der Waals surface area (Å²) in [5.41, 5.74) is 0.766. The Labute approximate surface area is 102 Å². The van der Waals surface area contributed by atoms with Crippen LogP contribution >= 0.6 is 0 Å². The van der Waals surface area contributed by atoms with Gasteiger partial charge in [0.05, 0.1) is 6.54 Å². The van der Waals surface area contributed by atoms with Crippen LogP contribution in [0.3, 0.4) is 0 Å². The molecule has 96 valence electrons. The highest BCUT2D eigenvalue weighted by atomic mass is 16.4. The van der Waals surface area contributed by atoms with Crippen LogP contribution in [0.2, 0.25) is 0 Å². The van der Waals surface area contributed by atoms with Crippen molar-refractivity contribution < 1.29 is 4.42 Å². The lowest BCUT2D eigenvalue weighted by atomic mass is 10.0. The minimum Gasteiger partial charge on any atom is -0.407 e. The number of anilines is 1. The second-order valence-electron chi connectivity index (χ2n) is 5.91. The van der Waals surface area contributed by atoms with E-state index >= 15 is 0 Å². The lowest BCUT2D eigenvalue weighted by Crippen LogP contribution is -2.08. The predicted molar refractivity (Wildman–Crippen MR) is 66.6 cm³/mol. The van der Waals surface area contributed by atoms with E-state index in [0.29, 0.717) is 35.2 Å². The molecule has 0 saturated heterocycles. The third-order valence-electron chi connectivity index (χ3n) is 4.57. The average molecular weight is 238 g/mol. The number of hydrogen-bond donors (Lipinski definition) is 2. The molecule has 1 aromatic rings. The molecule has 1 fully saturated rings. The Kier molecular flexibility index (Phi) is 2.89. The van der Waals surface area contributed by atoms with Crippen LogP contribution in [0.5, 0.6) is 0 Å². The van der Waals surface area contributed by atoms with E-state index in [1.165, 1.54) is 0 Å². The van der Waals surface area contributed by atoms with Gasteiger partial charge in [0.1, 0.15) is 0 Å². The molecule has 1 aromatic heterocycles. The van der Waals surface area contributed by atoms with Crippen molar-refractivity contribution in [3.8, 4) is 0 Å². The molecule has 0 aromatic carbocycles. The molecule has 1 aliphatic carbocycles. The molecular formula is C12H22N4O. The lowest BCUT2D eigenvalue weighted by molar-refractivity contribution is 0.457. The van der Waals surface area contributed by atoms with Gasteiger partial charge < -0.3 is 15.1 Å². The molecule has 2 N–H and O–H groups in total. The second-order valence-corrected chi connectivity index (χ2v) is 5.91. The Morgan fingerprint density at radius 3 is 2.35 bits per heavy atom. The first-order chi connectivity index (χ1) is 7.89. The van der Waals surface area contributed by atoms with Gasteiger partial charge in [-0.3, -0.25) is 0 Å². The first-order valence-corrected chi connectivity index (χ1v) is 6.10. The summed E-state index contributed by atoms with van der Waals surface area (Å²) in [5, 5.41) is 14.1. The first kappa shape index (κ1) is 12.4. The smallest absolute Gasteiger partial charge is 0.315 e. The standard InChI is InChI=1S/C12H22N4O/c1-11(2)8(12(11,3)4)6-14-10-16-15-9(17-10)7-13-5/h8,13H,6-7H2,1-5H3,(H,14,16). The summed E-state index contributed by atoms with van der Waals surface area (Å²) in [6.45, 7) is 10.7. The van der Waals surface area contributed by atoms with Gasteiger partial charge in [0, 0.05) is 6.54 Å². The van der Waals surface area contributed by atoms with Gasteiger partial charge in [0.25, 0.3) is 0 Å². The highest BCUT2D eigenvalue weighted by molar-refractivity contribution is 5.22. The fourth-order valence-electron chi connectivity index (χ4n) is 2.58. The maximum Gasteiger partial charge on any atom is 0.315 e. The fraction of sp³-hybridized carbons (Fsp3) is 0.833. The van der Waals surface area contributed by atoms with Gasteiger partial charge in [-0.1, -0.05) is 32.8 Å². The third-order valence-corrected chi connectivity index (χ3v) is 4.57. The third kappa shape index (κ3) is 2.04. The maximum absolute atomic E-state index is 5.44. The molecule has 1 aliphatic rings. The highest BCUT2D eigenvalue weighted by Gasteiger charge is 2.64. The van der Waals surface area contributed by atoms with E-state index in [1.807, 2.05) is 7.05 Å². The van der Waals surface area contributed by atoms with Crippen molar-refractivity contribution in [1.29, 1.82) is 0 Å². The summed E-state index contributed by atoms with van der Waals surface area (Å²) in [7, 11) is 1.85. The Hall–Kier alpha value is -1.10. The van der Waals surface area contributed by atoms with Gasteiger partial charge in [-0.05, 0) is 23.8 Å². The summed E-state index contributed by atoms with van der Waals surface area (Å²) in [5.74, 6) is 1.26. The summed E-state index contributed by atoms with van der Waals surface area (Å²) >= 11 is 0. The molecule has 0 aliphatic heterocycles. The number of nitrogens with one attached hydrogen (secondary N) is 2. The van der Waals surface area contributed by atoms with Gasteiger partial charge in [0.15, 0.2) is 0 Å². The predicted octanol–water partition coefficient (Wildman–Crippen LogP) is 1.88. The maximum atomic E-state index is 5.44. The van der Waals surface area contributed by atoms with E-state index in [0.717, 1.165) is 6.54 Å². The molecule has 0 bridgehead atoms. The Morgan fingerprint density at radius 1 is 1.18 bits per heavy atom. The molecule has 5 nitrogen and oxygen atoms in total. The van der Waals surface area contributed by atoms with Crippen molar-refractivity contribution in [3.63, 3.8) is 0 Å². The average Bonchev–Trinajstić information content (AvgIpc) is 2.59. The van der Waals surface area contributed by atoms with Crippen LogP contribution in [-0.4, -0.2) is 23.8 Å². The molecule has 0 atom stereocenters. The molecule has 2 rings (SSSR count). The summed E-state index contributed by atoms with van der Waals surface area (Å²) < 4.78 is 5.44. The van der Waals surface area contributed by atoms with Crippen LogP contribution in [0.15, 0.2) is 4.42 Å². The number of hydrogen-bond acceptors (Lipinski definition) is 5. The van der Waals surface area contributed by atoms with Gasteiger partial charge in [-0.15, -0.1) is 5.10 Å². The van der Waals surface area contributed by atoms with Crippen LogP contribution < -0.4 is 10.6 Å². The molecule has 5 heteroatoms. The zero-order chi connectivity index (χ0) is 12.7. The number of rotatable bonds is 5. The van der Waals surface area contributed by atoms with Crippen LogP contribution in [0.25, 0.3) is 0 Å². The minimum atomic E-state index is 0.383.